The highest BCUT2D eigenvalue weighted by molar-refractivity contribution is 7.99. The van der Waals surface area contributed by atoms with Crippen molar-refractivity contribution in [2.45, 2.75) is 25.6 Å². The number of nitrogens with one attached hydrogen (secondary N) is 1. The van der Waals surface area contributed by atoms with E-state index in [2.05, 4.69) is 52.5 Å². The molecule has 1 aromatic carbocycles. The molecule has 0 saturated carbocycles. The Hall–Kier alpha value is -1.57. The molecule has 0 unspecified atom stereocenters. The van der Waals surface area contributed by atoms with E-state index in [1.807, 2.05) is 0 Å². The lowest BCUT2D eigenvalue weighted by molar-refractivity contribution is 0.0410. The molecular weight excluding hydrogens is 324 g/mol. The van der Waals surface area contributed by atoms with E-state index in [9.17, 15) is 0 Å². The van der Waals surface area contributed by atoms with Crippen LogP contribution in [0.5, 0.6) is 0 Å². The number of ether oxygens (including phenoxy) is 1. The largest absolute Gasteiger partial charge is 0.414 e. The fraction of sp³-hybridized carbons (Fsp3) is 0.529. The van der Waals surface area contributed by atoms with E-state index < -0.39 is 0 Å². The molecule has 6 nitrogen and oxygen atoms in total. The van der Waals surface area contributed by atoms with Gasteiger partial charge in [-0.15, -0.1) is 10.2 Å². The first kappa shape index (κ1) is 17.3. The Kier molecular flexibility index (Phi) is 6.12. The van der Waals surface area contributed by atoms with E-state index in [0.29, 0.717) is 17.7 Å². The normalized spacial score (nSPS) is 15.6. The van der Waals surface area contributed by atoms with Crippen LogP contribution in [0.25, 0.3) is 0 Å². The second-order valence-corrected chi connectivity index (χ2v) is 6.98. The van der Waals surface area contributed by atoms with Gasteiger partial charge >= 0.3 is 0 Å². The average molecular weight is 348 g/mol. The Morgan fingerprint density at radius 3 is 2.83 bits per heavy atom. The molecule has 1 aliphatic rings. The van der Waals surface area contributed by atoms with Crippen LogP contribution in [-0.2, 0) is 11.3 Å². The van der Waals surface area contributed by atoms with E-state index in [1.54, 1.807) is 11.8 Å². The summed E-state index contributed by atoms with van der Waals surface area (Å²) in [5.74, 6) is 1.57. The quantitative estimate of drug-likeness (QED) is 0.772. The van der Waals surface area contributed by atoms with Gasteiger partial charge in [0.15, 0.2) is 0 Å². The summed E-state index contributed by atoms with van der Waals surface area (Å²) in [6.45, 7) is 9.43. The lowest BCUT2D eigenvalue weighted by Gasteiger charge is -2.25. The second-order valence-electron chi connectivity index (χ2n) is 5.94. The van der Waals surface area contributed by atoms with E-state index in [1.165, 1.54) is 11.1 Å². The minimum Gasteiger partial charge on any atom is -0.414 e. The number of anilines is 1. The molecule has 0 amide bonds. The topological polar surface area (TPSA) is 63.4 Å². The summed E-state index contributed by atoms with van der Waals surface area (Å²) in [7, 11) is 0. The molecule has 1 aromatic heterocycles. The van der Waals surface area contributed by atoms with Crippen LogP contribution in [0.1, 0.15) is 17.0 Å². The molecule has 0 spiro atoms. The standard InChI is InChI=1S/C17H24N4O2S/c1-13-3-4-15(14(2)11-13)18-12-16-19-20-17(23-16)24-10-7-21-5-8-22-9-6-21/h3-4,11,18H,5-10,12H2,1-2H3. The summed E-state index contributed by atoms with van der Waals surface area (Å²) < 4.78 is 11.0. The van der Waals surface area contributed by atoms with Crippen molar-refractivity contribution in [1.82, 2.24) is 15.1 Å². The number of benzene rings is 1. The SMILES string of the molecule is Cc1ccc(NCc2nnc(SCCN3CCOCC3)o2)c(C)c1. The highest BCUT2D eigenvalue weighted by Gasteiger charge is 2.11. The van der Waals surface area contributed by atoms with Crippen molar-refractivity contribution < 1.29 is 9.15 Å². The van der Waals surface area contributed by atoms with Crippen LogP contribution in [0.15, 0.2) is 27.8 Å². The predicted octanol–water partition coefficient (Wildman–Crippen LogP) is 2.72. The number of hydrogen-bond acceptors (Lipinski definition) is 7. The molecule has 7 heteroatoms. The van der Waals surface area contributed by atoms with Crippen molar-refractivity contribution in [2.24, 2.45) is 0 Å². The number of aromatic nitrogens is 2. The third-order valence-electron chi connectivity index (χ3n) is 4.00. The number of thioether (sulfide) groups is 1. The van der Waals surface area contributed by atoms with Crippen LogP contribution in [0.4, 0.5) is 5.69 Å². The zero-order valence-electron chi connectivity index (χ0n) is 14.2. The monoisotopic (exact) mass is 348 g/mol. The lowest BCUT2D eigenvalue weighted by Crippen LogP contribution is -2.37. The van der Waals surface area contributed by atoms with E-state index >= 15 is 0 Å². The number of morpholine rings is 1. The predicted molar refractivity (Wildman–Crippen MR) is 95.5 cm³/mol. The first-order chi connectivity index (χ1) is 11.7. The van der Waals surface area contributed by atoms with Gasteiger partial charge in [-0.3, -0.25) is 4.90 Å². The van der Waals surface area contributed by atoms with Gasteiger partial charge < -0.3 is 14.5 Å². The maximum atomic E-state index is 5.69. The fourth-order valence-corrected chi connectivity index (χ4v) is 3.42. The molecule has 0 bridgehead atoms. The van der Waals surface area contributed by atoms with Gasteiger partial charge in [-0.05, 0) is 25.5 Å². The van der Waals surface area contributed by atoms with Gasteiger partial charge in [-0.25, -0.2) is 0 Å². The minimum atomic E-state index is 0.543. The van der Waals surface area contributed by atoms with Crippen molar-refractivity contribution in [1.29, 1.82) is 0 Å². The maximum Gasteiger partial charge on any atom is 0.276 e. The molecule has 1 fully saturated rings. The van der Waals surface area contributed by atoms with Crippen LogP contribution in [0.3, 0.4) is 0 Å². The van der Waals surface area contributed by atoms with Gasteiger partial charge in [0, 0.05) is 31.1 Å². The smallest absolute Gasteiger partial charge is 0.276 e. The Morgan fingerprint density at radius 1 is 1.21 bits per heavy atom. The van der Waals surface area contributed by atoms with Crippen LogP contribution >= 0.6 is 11.8 Å². The average Bonchev–Trinajstić information content (AvgIpc) is 3.03. The molecule has 0 atom stereocenters. The van der Waals surface area contributed by atoms with Crippen molar-refractivity contribution in [3.63, 3.8) is 0 Å². The maximum absolute atomic E-state index is 5.69. The highest BCUT2D eigenvalue weighted by Crippen LogP contribution is 2.19. The molecule has 0 radical (unpaired) electrons. The Balaban J connectivity index is 1.43. The Labute approximate surface area is 147 Å². The molecule has 1 aliphatic heterocycles. The van der Waals surface area contributed by atoms with Gasteiger partial charge in [0.05, 0.1) is 19.8 Å². The summed E-state index contributed by atoms with van der Waals surface area (Å²) in [5, 5.41) is 12.2. The summed E-state index contributed by atoms with van der Waals surface area (Å²) in [5.41, 5.74) is 3.57. The molecular formula is C17H24N4O2S. The van der Waals surface area contributed by atoms with E-state index in [-0.39, 0.29) is 0 Å². The highest BCUT2D eigenvalue weighted by atomic mass is 32.2. The van der Waals surface area contributed by atoms with Gasteiger partial charge in [0.2, 0.25) is 5.89 Å². The zero-order chi connectivity index (χ0) is 16.8. The summed E-state index contributed by atoms with van der Waals surface area (Å²) in [6, 6.07) is 6.33. The molecule has 2 heterocycles. The van der Waals surface area contributed by atoms with Crippen molar-refractivity contribution in [3.05, 3.63) is 35.2 Å². The first-order valence-electron chi connectivity index (χ1n) is 8.27. The summed E-state index contributed by atoms with van der Waals surface area (Å²) in [6.07, 6.45) is 0. The second kappa shape index (κ2) is 8.50. The molecule has 2 aromatic rings. The molecule has 1 saturated heterocycles. The van der Waals surface area contributed by atoms with Crippen LogP contribution in [0, 0.1) is 13.8 Å². The zero-order valence-corrected chi connectivity index (χ0v) is 15.1. The Morgan fingerprint density at radius 2 is 2.04 bits per heavy atom. The van der Waals surface area contributed by atoms with Crippen LogP contribution < -0.4 is 5.32 Å². The third-order valence-corrected chi connectivity index (χ3v) is 4.80. The van der Waals surface area contributed by atoms with Gasteiger partial charge in [0.1, 0.15) is 0 Å². The molecule has 3 rings (SSSR count). The number of hydrogen-bond donors (Lipinski definition) is 1. The van der Waals surface area contributed by atoms with Crippen molar-refractivity contribution in [2.75, 3.05) is 43.9 Å². The molecule has 1 N–H and O–H groups in total. The Bertz CT molecular complexity index is 656. The van der Waals surface area contributed by atoms with Crippen molar-refractivity contribution in [3.8, 4) is 0 Å². The number of nitrogens with zero attached hydrogens (tertiary/aromatic N) is 3. The fourth-order valence-electron chi connectivity index (χ4n) is 2.64. The molecule has 0 aliphatic carbocycles. The van der Waals surface area contributed by atoms with Crippen LogP contribution in [-0.4, -0.2) is 53.7 Å². The lowest BCUT2D eigenvalue weighted by atomic mass is 10.1. The van der Waals surface area contributed by atoms with E-state index in [0.717, 1.165) is 44.3 Å². The van der Waals surface area contributed by atoms with Gasteiger partial charge in [0.25, 0.3) is 5.22 Å². The van der Waals surface area contributed by atoms with Crippen molar-refractivity contribution >= 4 is 17.4 Å². The minimum absolute atomic E-state index is 0.543. The molecule has 24 heavy (non-hydrogen) atoms. The number of rotatable bonds is 7. The van der Waals surface area contributed by atoms with Crippen LogP contribution in [0.2, 0.25) is 0 Å². The van der Waals surface area contributed by atoms with E-state index in [4.69, 9.17) is 9.15 Å². The van der Waals surface area contributed by atoms with Gasteiger partial charge in [-0.1, -0.05) is 29.5 Å². The number of aryl methyl sites for hydroxylation is 2. The first-order valence-corrected chi connectivity index (χ1v) is 9.26. The van der Waals surface area contributed by atoms with Gasteiger partial charge in [-0.2, -0.15) is 0 Å². The third kappa shape index (κ3) is 4.96. The summed E-state index contributed by atoms with van der Waals surface area (Å²) in [4.78, 5) is 2.40. The summed E-state index contributed by atoms with van der Waals surface area (Å²) >= 11 is 1.61. The molecule has 130 valence electrons.